The molecule has 0 unspecified atom stereocenters. The van der Waals surface area contributed by atoms with Gasteiger partial charge in [-0.05, 0) is 32.0 Å². The summed E-state index contributed by atoms with van der Waals surface area (Å²) in [5.74, 6) is 0.825. The lowest BCUT2D eigenvalue weighted by molar-refractivity contribution is 0.199. The highest BCUT2D eigenvalue weighted by atomic mass is 16.3. The lowest BCUT2D eigenvalue weighted by Gasteiger charge is -2.24. The Kier molecular flexibility index (Phi) is 4.47. The average Bonchev–Trinajstić information content (AvgIpc) is 2.46. The number of rotatable bonds is 5. The highest BCUT2D eigenvalue weighted by Crippen LogP contribution is 2.24. The van der Waals surface area contributed by atoms with E-state index >= 15 is 0 Å². The van der Waals surface area contributed by atoms with Crippen molar-refractivity contribution in [2.24, 2.45) is 0 Å². The summed E-state index contributed by atoms with van der Waals surface area (Å²) in [6, 6.07) is 9.63. The molecule has 2 aromatic heterocycles. The molecular weight excluding hydrogens is 238 g/mol. The van der Waals surface area contributed by atoms with Crippen molar-refractivity contribution in [1.29, 1.82) is 0 Å². The largest absolute Gasteiger partial charge is 0.389 e. The molecule has 2 aromatic rings. The number of aliphatic hydroxyl groups excluding tert-OH is 1. The van der Waals surface area contributed by atoms with E-state index in [2.05, 4.69) is 21.8 Å². The van der Waals surface area contributed by atoms with Gasteiger partial charge in [-0.3, -0.25) is 4.98 Å². The highest BCUT2D eigenvalue weighted by molar-refractivity contribution is 5.47. The summed E-state index contributed by atoms with van der Waals surface area (Å²) in [5, 5.41) is 9.83. The molecule has 4 heteroatoms. The van der Waals surface area contributed by atoms with Crippen molar-refractivity contribution in [2.75, 3.05) is 11.4 Å². The van der Waals surface area contributed by atoms with Crippen LogP contribution in [0.5, 0.6) is 0 Å². The van der Waals surface area contributed by atoms with Crippen LogP contribution in [0, 0.1) is 0 Å². The SMILES string of the molecule is CCN(Cc1ccccn1)c1ncccc1[C@@H](C)O. The van der Waals surface area contributed by atoms with Crippen LogP contribution in [-0.4, -0.2) is 21.6 Å². The van der Waals surface area contributed by atoms with Crippen molar-refractivity contribution in [3.05, 3.63) is 54.0 Å². The van der Waals surface area contributed by atoms with E-state index in [1.807, 2.05) is 30.3 Å². The van der Waals surface area contributed by atoms with Gasteiger partial charge in [0.05, 0.1) is 18.3 Å². The number of aliphatic hydroxyl groups is 1. The molecule has 1 N–H and O–H groups in total. The van der Waals surface area contributed by atoms with Crippen LogP contribution in [0.4, 0.5) is 5.82 Å². The van der Waals surface area contributed by atoms with E-state index in [0.29, 0.717) is 6.54 Å². The summed E-state index contributed by atoms with van der Waals surface area (Å²) < 4.78 is 0. The molecule has 0 amide bonds. The maximum atomic E-state index is 9.83. The summed E-state index contributed by atoms with van der Waals surface area (Å²) >= 11 is 0. The van der Waals surface area contributed by atoms with E-state index in [1.54, 1.807) is 19.3 Å². The molecule has 0 aromatic carbocycles. The van der Waals surface area contributed by atoms with Gasteiger partial charge in [0.1, 0.15) is 5.82 Å². The quantitative estimate of drug-likeness (QED) is 0.894. The molecule has 1 atom stereocenters. The van der Waals surface area contributed by atoms with Crippen LogP contribution in [0.3, 0.4) is 0 Å². The minimum Gasteiger partial charge on any atom is -0.389 e. The Hall–Kier alpha value is -1.94. The maximum absolute atomic E-state index is 9.83. The van der Waals surface area contributed by atoms with E-state index in [1.165, 1.54) is 0 Å². The smallest absolute Gasteiger partial charge is 0.134 e. The summed E-state index contributed by atoms with van der Waals surface area (Å²) in [4.78, 5) is 10.9. The van der Waals surface area contributed by atoms with E-state index in [4.69, 9.17) is 0 Å². The van der Waals surface area contributed by atoms with Gasteiger partial charge in [0.2, 0.25) is 0 Å². The molecule has 0 radical (unpaired) electrons. The van der Waals surface area contributed by atoms with Gasteiger partial charge in [-0.1, -0.05) is 12.1 Å². The second-order valence-electron chi connectivity index (χ2n) is 4.43. The van der Waals surface area contributed by atoms with Crippen LogP contribution >= 0.6 is 0 Å². The molecule has 2 heterocycles. The molecule has 4 nitrogen and oxygen atoms in total. The summed E-state index contributed by atoms with van der Waals surface area (Å²) in [6.45, 7) is 5.33. The van der Waals surface area contributed by atoms with Crippen LogP contribution in [0.15, 0.2) is 42.7 Å². The zero-order chi connectivity index (χ0) is 13.7. The van der Waals surface area contributed by atoms with Gasteiger partial charge < -0.3 is 10.0 Å². The molecule has 0 spiro atoms. The van der Waals surface area contributed by atoms with Crippen LogP contribution in [0.1, 0.15) is 31.2 Å². The predicted molar refractivity (Wildman–Crippen MR) is 75.8 cm³/mol. The molecule has 0 aliphatic carbocycles. The monoisotopic (exact) mass is 257 g/mol. The molecule has 0 bridgehead atoms. The normalized spacial score (nSPS) is 12.2. The third kappa shape index (κ3) is 3.29. The molecule has 0 saturated heterocycles. The lowest BCUT2D eigenvalue weighted by atomic mass is 10.1. The van der Waals surface area contributed by atoms with E-state index in [0.717, 1.165) is 23.6 Å². The van der Waals surface area contributed by atoms with Gasteiger partial charge in [0, 0.05) is 24.5 Å². The Morgan fingerprint density at radius 3 is 2.58 bits per heavy atom. The molecule has 2 rings (SSSR count). The summed E-state index contributed by atoms with van der Waals surface area (Å²) in [5.41, 5.74) is 1.84. The molecular formula is C15H19N3O. The topological polar surface area (TPSA) is 49.2 Å². The van der Waals surface area contributed by atoms with Crippen LogP contribution < -0.4 is 4.90 Å². The maximum Gasteiger partial charge on any atom is 0.134 e. The lowest BCUT2D eigenvalue weighted by Crippen LogP contribution is -2.25. The van der Waals surface area contributed by atoms with E-state index in [9.17, 15) is 5.11 Å². The molecule has 0 aliphatic heterocycles. The van der Waals surface area contributed by atoms with Crippen LogP contribution in [0.25, 0.3) is 0 Å². The van der Waals surface area contributed by atoms with Gasteiger partial charge in [-0.2, -0.15) is 0 Å². The Morgan fingerprint density at radius 1 is 1.16 bits per heavy atom. The van der Waals surface area contributed by atoms with Gasteiger partial charge in [-0.15, -0.1) is 0 Å². The first-order chi connectivity index (χ1) is 9.22. The van der Waals surface area contributed by atoms with Crippen molar-refractivity contribution in [3.63, 3.8) is 0 Å². The highest BCUT2D eigenvalue weighted by Gasteiger charge is 2.14. The number of hydrogen-bond donors (Lipinski definition) is 1. The number of hydrogen-bond acceptors (Lipinski definition) is 4. The first-order valence-electron chi connectivity index (χ1n) is 6.50. The first kappa shape index (κ1) is 13.5. The first-order valence-corrected chi connectivity index (χ1v) is 6.50. The number of pyridine rings is 2. The van der Waals surface area contributed by atoms with Crippen molar-refractivity contribution < 1.29 is 5.11 Å². The van der Waals surface area contributed by atoms with Gasteiger partial charge >= 0.3 is 0 Å². The number of aromatic nitrogens is 2. The fourth-order valence-corrected chi connectivity index (χ4v) is 2.02. The fourth-order valence-electron chi connectivity index (χ4n) is 2.02. The molecule has 0 aliphatic rings. The van der Waals surface area contributed by atoms with Crippen LogP contribution in [0.2, 0.25) is 0 Å². The molecule has 100 valence electrons. The number of nitrogens with zero attached hydrogens (tertiary/aromatic N) is 3. The van der Waals surface area contributed by atoms with Crippen molar-refractivity contribution in [1.82, 2.24) is 9.97 Å². The van der Waals surface area contributed by atoms with Gasteiger partial charge in [0.15, 0.2) is 0 Å². The van der Waals surface area contributed by atoms with Crippen LogP contribution in [-0.2, 0) is 6.54 Å². The van der Waals surface area contributed by atoms with Crippen molar-refractivity contribution in [3.8, 4) is 0 Å². The second-order valence-corrected chi connectivity index (χ2v) is 4.43. The standard InChI is InChI=1S/C15H19N3O/c1-3-18(11-13-7-4-5-9-16-13)15-14(12(2)19)8-6-10-17-15/h4-10,12,19H,3,11H2,1-2H3/t12-/m1/s1. The third-order valence-corrected chi connectivity index (χ3v) is 3.03. The zero-order valence-electron chi connectivity index (χ0n) is 11.3. The fraction of sp³-hybridized carbons (Fsp3) is 0.333. The Balaban J connectivity index is 2.27. The van der Waals surface area contributed by atoms with Gasteiger partial charge in [0.25, 0.3) is 0 Å². The van der Waals surface area contributed by atoms with Crippen molar-refractivity contribution in [2.45, 2.75) is 26.5 Å². The van der Waals surface area contributed by atoms with Gasteiger partial charge in [-0.25, -0.2) is 4.98 Å². The third-order valence-electron chi connectivity index (χ3n) is 3.03. The van der Waals surface area contributed by atoms with Crippen molar-refractivity contribution >= 4 is 5.82 Å². The molecule has 19 heavy (non-hydrogen) atoms. The zero-order valence-corrected chi connectivity index (χ0v) is 11.3. The predicted octanol–water partition coefficient (Wildman–Crippen LogP) is 2.56. The Labute approximate surface area is 113 Å². The minimum absolute atomic E-state index is 0.526. The van der Waals surface area contributed by atoms with E-state index in [-0.39, 0.29) is 0 Å². The molecule has 0 saturated carbocycles. The Bertz CT molecular complexity index is 514. The average molecular weight is 257 g/mol. The Morgan fingerprint density at radius 2 is 1.95 bits per heavy atom. The summed E-state index contributed by atoms with van der Waals surface area (Å²) in [6.07, 6.45) is 3.01. The minimum atomic E-state index is -0.526. The number of anilines is 1. The van der Waals surface area contributed by atoms with E-state index < -0.39 is 6.10 Å². The summed E-state index contributed by atoms with van der Waals surface area (Å²) in [7, 11) is 0. The second kappa shape index (κ2) is 6.29. The molecule has 0 fully saturated rings.